The van der Waals surface area contributed by atoms with Crippen LogP contribution in [0.4, 0.5) is 0 Å². The topological polar surface area (TPSA) is 146 Å². The smallest absolute Gasteiger partial charge is 0.341 e. The maximum atomic E-state index is 13.0. The Balaban J connectivity index is 2.75. The van der Waals surface area contributed by atoms with E-state index in [1.165, 1.54) is 13.0 Å². The van der Waals surface area contributed by atoms with Crippen LogP contribution in [0.15, 0.2) is 35.5 Å². The van der Waals surface area contributed by atoms with Gasteiger partial charge in [-0.05, 0) is 39.7 Å². The molecule has 2 N–H and O–H groups in total. The van der Waals surface area contributed by atoms with E-state index >= 15 is 0 Å². The normalized spacial score (nSPS) is 30.4. The molecule has 1 heterocycles. The van der Waals surface area contributed by atoms with E-state index in [2.05, 4.69) is 6.58 Å². The van der Waals surface area contributed by atoms with Crippen molar-refractivity contribution in [2.75, 3.05) is 7.11 Å². The zero-order valence-electron chi connectivity index (χ0n) is 20.9. The van der Waals surface area contributed by atoms with Crippen LogP contribution in [0.2, 0.25) is 0 Å². The summed E-state index contributed by atoms with van der Waals surface area (Å²) in [4.78, 5) is 51.0. The van der Waals surface area contributed by atoms with Crippen molar-refractivity contribution in [3.05, 3.63) is 35.5 Å². The molecule has 0 radical (unpaired) electrons. The Morgan fingerprint density at radius 1 is 1.23 bits per heavy atom. The van der Waals surface area contributed by atoms with E-state index in [0.717, 1.165) is 19.6 Å². The summed E-state index contributed by atoms with van der Waals surface area (Å²) in [5.74, 6) is -5.21. The molecule has 1 aliphatic carbocycles. The van der Waals surface area contributed by atoms with Crippen molar-refractivity contribution in [3.8, 4) is 0 Å². The minimum Gasteiger partial charge on any atom is -0.466 e. The average Bonchev–Trinajstić information content (AvgIpc) is 3.05. The summed E-state index contributed by atoms with van der Waals surface area (Å²) in [7, 11) is 1.15. The number of aliphatic hydroxyl groups is 2. The highest BCUT2D eigenvalue weighted by Crippen LogP contribution is 2.38. The number of aliphatic hydroxyl groups excluding tert-OH is 1. The predicted molar refractivity (Wildman–Crippen MR) is 123 cm³/mol. The fourth-order valence-corrected chi connectivity index (χ4v) is 3.69. The average molecular weight is 495 g/mol. The van der Waals surface area contributed by atoms with Crippen molar-refractivity contribution in [2.24, 2.45) is 11.8 Å². The number of methoxy groups -OCH3 is 1. The van der Waals surface area contributed by atoms with Gasteiger partial charge in [0.2, 0.25) is 0 Å². The molecule has 1 fully saturated rings. The van der Waals surface area contributed by atoms with Crippen LogP contribution in [0.1, 0.15) is 47.5 Å². The van der Waals surface area contributed by atoms with Gasteiger partial charge in [0.1, 0.15) is 6.10 Å². The Morgan fingerprint density at radius 2 is 1.86 bits per heavy atom. The molecule has 0 spiro atoms. The largest absolute Gasteiger partial charge is 0.466 e. The monoisotopic (exact) mass is 494 g/mol. The number of fused-ring (bicyclic) bond motifs is 1. The van der Waals surface area contributed by atoms with Crippen LogP contribution >= 0.6 is 0 Å². The lowest BCUT2D eigenvalue weighted by Crippen LogP contribution is -2.52. The molecule has 35 heavy (non-hydrogen) atoms. The molecule has 0 bridgehead atoms. The van der Waals surface area contributed by atoms with E-state index in [4.69, 9.17) is 18.9 Å². The van der Waals surface area contributed by atoms with Gasteiger partial charge in [0, 0.05) is 5.57 Å². The van der Waals surface area contributed by atoms with Gasteiger partial charge >= 0.3 is 23.9 Å². The number of carbonyl (C=O) groups excluding carboxylic acids is 4. The van der Waals surface area contributed by atoms with Crippen LogP contribution in [-0.4, -0.2) is 71.2 Å². The fraction of sp³-hybridized carbons (Fsp3) is 0.600. The highest BCUT2D eigenvalue weighted by Gasteiger charge is 2.52. The zero-order chi connectivity index (χ0) is 26.7. The molecule has 2 rings (SSSR count). The minimum absolute atomic E-state index is 0.0658. The molecule has 6 atom stereocenters. The molecule has 0 unspecified atom stereocenters. The fourth-order valence-electron chi connectivity index (χ4n) is 3.69. The molecule has 1 saturated heterocycles. The quantitative estimate of drug-likeness (QED) is 0.241. The van der Waals surface area contributed by atoms with Gasteiger partial charge in [0.15, 0.2) is 17.8 Å². The van der Waals surface area contributed by atoms with E-state index in [1.54, 1.807) is 19.9 Å². The van der Waals surface area contributed by atoms with Crippen LogP contribution in [0.3, 0.4) is 0 Å². The Bertz CT molecular complexity index is 940. The summed E-state index contributed by atoms with van der Waals surface area (Å²) in [6, 6.07) is 0. The van der Waals surface area contributed by atoms with Crippen molar-refractivity contribution in [3.63, 3.8) is 0 Å². The number of hydrogen-bond acceptors (Lipinski definition) is 10. The van der Waals surface area contributed by atoms with Crippen LogP contribution in [-0.2, 0) is 38.1 Å². The second-order valence-electron chi connectivity index (χ2n) is 9.33. The molecule has 194 valence electrons. The first-order valence-electron chi connectivity index (χ1n) is 11.4. The Morgan fingerprint density at radius 3 is 2.40 bits per heavy atom. The third-order valence-electron chi connectivity index (χ3n) is 6.18. The van der Waals surface area contributed by atoms with Crippen LogP contribution in [0.5, 0.6) is 0 Å². The molecule has 1 aliphatic heterocycles. The van der Waals surface area contributed by atoms with Gasteiger partial charge in [-0.15, -0.1) is 0 Å². The molecule has 0 aromatic rings. The molecule has 10 heteroatoms. The molecule has 2 aliphatic rings. The van der Waals surface area contributed by atoms with Gasteiger partial charge in [0.05, 0.1) is 30.6 Å². The van der Waals surface area contributed by atoms with E-state index < -0.39 is 65.7 Å². The number of allylic oxidation sites excluding steroid dienone is 2. The summed E-state index contributed by atoms with van der Waals surface area (Å²) in [6.07, 6.45) is -1.45. The van der Waals surface area contributed by atoms with E-state index in [0.29, 0.717) is 12.8 Å². The summed E-state index contributed by atoms with van der Waals surface area (Å²) in [5, 5.41) is 20.4. The molecular weight excluding hydrogens is 460 g/mol. The van der Waals surface area contributed by atoms with Gasteiger partial charge in [-0.25, -0.2) is 14.4 Å². The van der Waals surface area contributed by atoms with Gasteiger partial charge in [-0.2, -0.15) is 0 Å². The predicted octanol–water partition coefficient (Wildman–Crippen LogP) is 1.54. The summed E-state index contributed by atoms with van der Waals surface area (Å²) >= 11 is 0. The summed E-state index contributed by atoms with van der Waals surface area (Å²) < 4.78 is 21.7. The number of carbonyl (C=O) groups is 4. The van der Waals surface area contributed by atoms with Crippen molar-refractivity contribution in [1.29, 1.82) is 0 Å². The van der Waals surface area contributed by atoms with Crippen LogP contribution in [0, 0.1) is 11.8 Å². The van der Waals surface area contributed by atoms with Gasteiger partial charge in [0.25, 0.3) is 0 Å². The third kappa shape index (κ3) is 6.18. The molecular formula is C25H34O10. The zero-order valence-corrected chi connectivity index (χ0v) is 20.9. The Labute approximate surface area is 204 Å². The molecule has 10 nitrogen and oxygen atoms in total. The van der Waals surface area contributed by atoms with Crippen molar-refractivity contribution >= 4 is 23.9 Å². The lowest BCUT2D eigenvalue weighted by molar-refractivity contribution is -0.192. The first-order valence-corrected chi connectivity index (χ1v) is 11.4. The van der Waals surface area contributed by atoms with E-state index in [9.17, 15) is 29.4 Å². The first kappa shape index (κ1) is 28.3. The third-order valence-corrected chi connectivity index (χ3v) is 6.18. The van der Waals surface area contributed by atoms with Gasteiger partial charge in [-0.3, -0.25) is 4.79 Å². The highest BCUT2D eigenvalue weighted by molar-refractivity contribution is 5.93. The van der Waals surface area contributed by atoms with Gasteiger partial charge in [-0.1, -0.05) is 32.1 Å². The number of hydrogen-bond donors (Lipinski definition) is 2. The Kier molecular flexibility index (Phi) is 9.02. The van der Waals surface area contributed by atoms with E-state index in [1.807, 2.05) is 6.92 Å². The van der Waals surface area contributed by atoms with Gasteiger partial charge < -0.3 is 29.2 Å². The SMILES string of the molecule is C=C1C(=O)O[C@@H]2/C=C(/C)CC/C=C(/C(=O)OC)[C@H](OC(=O)C(C)C)[C@@H](OC(=O)[C@@](C)(O)[C@H](C)O)[C@@H]12. The summed E-state index contributed by atoms with van der Waals surface area (Å²) in [6.45, 7) is 11.0. The van der Waals surface area contributed by atoms with Crippen molar-refractivity contribution in [1.82, 2.24) is 0 Å². The summed E-state index contributed by atoms with van der Waals surface area (Å²) in [5.41, 5.74) is -1.68. The Hall–Kier alpha value is -2.98. The first-order chi connectivity index (χ1) is 16.2. The lowest BCUT2D eigenvalue weighted by Gasteiger charge is -2.36. The highest BCUT2D eigenvalue weighted by atomic mass is 16.6. The maximum Gasteiger partial charge on any atom is 0.341 e. The van der Waals surface area contributed by atoms with Crippen molar-refractivity contribution < 1.29 is 48.3 Å². The second-order valence-corrected chi connectivity index (χ2v) is 9.33. The minimum atomic E-state index is -2.34. The second kappa shape index (κ2) is 11.2. The lowest BCUT2D eigenvalue weighted by atomic mass is 9.83. The van der Waals surface area contributed by atoms with E-state index in [-0.39, 0.29) is 11.1 Å². The molecule has 0 aromatic carbocycles. The molecule has 0 aromatic heterocycles. The van der Waals surface area contributed by atoms with Crippen LogP contribution in [0.25, 0.3) is 0 Å². The number of esters is 4. The standard InChI is InChI=1S/C25H34O10/c1-12(2)21(27)34-19-16(23(29)32-7)10-8-9-13(3)11-17-18(14(4)22(28)33-17)20(19)35-24(30)25(6,31)15(5)26/h10-12,15,17-20,26,31H,4,8-9H2,1-3,5-7H3/b13-11-,16-10+/t15-,17+,18-,19-,20-,25-/m0/s1. The number of rotatable bonds is 6. The molecule has 0 saturated carbocycles. The molecule has 0 amide bonds. The number of ether oxygens (including phenoxy) is 4. The maximum absolute atomic E-state index is 13.0. The van der Waals surface area contributed by atoms with Crippen molar-refractivity contribution in [2.45, 2.75) is 77.5 Å². The van der Waals surface area contributed by atoms with Crippen LogP contribution < -0.4 is 0 Å².